The Morgan fingerprint density at radius 3 is 2.77 bits per heavy atom. The van der Waals surface area contributed by atoms with Crippen molar-refractivity contribution in [3.05, 3.63) is 60.1 Å². The van der Waals surface area contributed by atoms with Crippen molar-refractivity contribution < 1.29 is 18.8 Å². The highest BCUT2D eigenvalue weighted by atomic mass is 16.5. The average Bonchev–Trinajstić information content (AvgIpc) is 3.56. The fourth-order valence-electron chi connectivity index (χ4n) is 4.07. The highest BCUT2D eigenvalue weighted by molar-refractivity contribution is 5.98. The van der Waals surface area contributed by atoms with Crippen molar-refractivity contribution in [2.24, 2.45) is 0 Å². The number of benzene rings is 2. The van der Waals surface area contributed by atoms with E-state index in [1.807, 2.05) is 36.4 Å². The van der Waals surface area contributed by atoms with Gasteiger partial charge in [-0.2, -0.15) is 4.98 Å². The Morgan fingerprint density at radius 2 is 1.97 bits per heavy atom. The van der Waals surface area contributed by atoms with Crippen LogP contribution in [-0.4, -0.2) is 46.7 Å². The van der Waals surface area contributed by atoms with Crippen molar-refractivity contribution in [3.8, 4) is 22.9 Å². The number of likely N-dealkylation sites (tertiary alicyclic amines) is 1. The van der Waals surface area contributed by atoms with Crippen LogP contribution in [0.15, 0.2) is 53.1 Å². The van der Waals surface area contributed by atoms with Gasteiger partial charge in [-0.25, -0.2) is 0 Å². The van der Waals surface area contributed by atoms with Crippen molar-refractivity contribution in [1.82, 2.24) is 20.0 Å². The first-order valence-corrected chi connectivity index (χ1v) is 10.1. The van der Waals surface area contributed by atoms with E-state index in [2.05, 4.69) is 15.1 Å². The average molecular weight is 418 g/mol. The van der Waals surface area contributed by atoms with E-state index in [9.17, 15) is 4.79 Å². The highest BCUT2D eigenvalue weighted by Crippen LogP contribution is 2.35. The van der Waals surface area contributed by atoms with Crippen molar-refractivity contribution in [2.75, 3.05) is 20.8 Å². The Bertz CT molecular complexity index is 1210. The van der Waals surface area contributed by atoms with E-state index in [0.29, 0.717) is 35.5 Å². The molecule has 1 aliphatic rings. The second kappa shape index (κ2) is 7.79. The molecule has 2 aromatic carbocycles. The van der Waals surface area contributed by atoms with Gasteiger partial charge >= 0.3 is 0 Å². The first kappa shape index (κ1) is 19.2. The lowest BCUT2D eigenvalue weighted by molar-refractivity contribution is 0.0705. The molecule has 0 aliphatic carbocycles. The van der Waals surface area contributed by atoms with E-state index in [1.165, 1.54) is 0 Å². The van der Waals surface area contributed by atoms with Gasteiger partial charge in [-0.15, -0.1) is 0 Å². The fourth-order valence-corrected chi connectivity index (χ4v) is 4.07. The molecule has 0 bridgehead atoms. The Morgan fingerprint density at radius 1 is 1.13 bits per heavy atom. The Kier molecular flexibility index (Phi) is 4.82. The monoisotopic (exact) mass is 418 g/mol. The number of aromatic nitrogens is 3. The van der Waals surface area contributed by atoms with Crippen molar-refractivity contribution in [3.63, 3.8) is 0 Å². The quantitative estimate of drug-likeness (QED) is 0.522. The number of carbonyl (C=O) groups is 1. The van der Waals surface area contributed by atoms with Crippen LogP contribution in [0.3, 0.4) is 0 Å². The molecule has 1 aliphatic heterocycles. The number of para-hydroxylation sites is 1. The summed E-state index contributed by atoms with van der Waals surface area (Å²) in [6, 6.07) is 14.9. The molecule has 0 radical (unpaired) electrons. The molecule has 158 valence electrons. The summed E-state index contributed by atoms with van der Waals surface area (Å²) in [4.78, 5) is 22.8. The number of rotatable bonds is 5. The van der Waals surface area contributed by atoms with E-state index >= 15 is 0 Å². The molecule has 3 heterocycles. The molecule has 2 aromatic heterocycles. The molecular weight excluding hydrogens is 396 g/mol. The summed E-state index contributed by atoms with van der Waals surface area (Å²) >= 11 is 0. The molecule has 0 spiro atoms. The normalized spacial score (nSPS) is 16.1. The highest BCUT2D eigenvalue weighted by Gasteiger charge is 2.35. The summed E-state index contributed by atoms with van der Waals surface area (Å²) in [6.07, 6.45) is 1.66. The predicted molar refractivity (Wildman–Crippen MR) is 114 cm³/mol. The van der Waals surface area contributed by atoms with Crippen molar-refractivity contribution in [1.29, 1.82) is 0 Å². The lowest BCUT2D eigenvalue weighted by Crippen LogP contribution is -2.31. The summed E-state index contributed by atoms with van der Waals surface area (Å²) in [7, 11) is 3.16. The summed E-state index contributed by atoms with van der Waals surface area (Å²) < 4.78 is 16.2. The van der Waals surface area contributed by atoms with E-state index in [0.717, 1.165) is 29.3 Å². The van der Waals surface area contributed by atoms with Gasteiger partial charge in [0.05, 0.1) is 14.2 Å². The number of carbonyl (C=O) groups excluding carboxylic acids is 1. The molecule has 1 atom stereocenters. The van der Waals surface area contributed by atoms with Gasteiger partial charge in [0.2, 0.25) is 11.7 Å². The number of hydrogen-bond donors (Lipinski definition) is 1. The SMILES string of the molecule is COc1ccc(-c2noc(C3CCCN3C(=O)c3cc4ccccc4[nH]3)n2)cc1OC. The zero-order valence-corrected chi connectivity index (χ0v) is 17.3. The molecule has 8 nitrogen and oxygen atoms in total. The molecule has 1 saturated heterocycles. The van der Waals surface area contributed by atoms with Crippen LogP contribution in [-0.2, 0) is 0 Å². The van der Waals surface area contributed by atoms with E-state index in [4.69, 9.17) is 14.0 Å². The molecule has 1 amide bonds. The third-order valence-electron chi connectivity index (χ3n) is 5.64. The van der Waals surface area contributed by atoms with Gasteiger partial charge in [0.25, 0.3) is 5.91 Å². The van der Waals surface area contributed by atoms with Gasteiger partial charge in [-0.05, 0) is 43.2 Å². The van der Waals surface area contributed by atoms with Crippen LogP contribution in [0, 0.1) is 0 Å². The number of nitrogens with one attached hydrogen (secondary N) is 1. The topological polar surface area (TPSA) is 93.5 Å². The lowest BCUT2D eigenvalue weighted by atomic mass is 10.2. The van der Waals surface area contributed by atoms with E-state index in [1.54, 1.807) is 31.3 Å². The number of aromatic amines is 1. The number of methoxy groups -OCH3 is 2. The predicted octanol–water partition coefficient (Wildman–Crippen LogP) is 4.21. The minimum atomic E-state index is -0.250. The summed E-state index contributed by atoms with van der Waals surface area (Å²) in [5, 5.41) is 5.14. The number of amides is 1. The summed E-state index contributed by atoms with van der Waals surface area (Å²) in [5.74, 6) is 2.03. The van der Waals surface area contributed by atoms with Gasteiger partial charge in [-0.1, -0.05) is 23.4 Å². The molecule has 1 fully saturated rings. The smallest absolute Gasteiger partial charge is 0.270 e. The zero-order chi connectivity index (χ0) is 21.4. The molecule has 8 heteroatoms. The maximum absolute atomic E-state index is 13.2. The largest absolute Gasteiger partial charge is 0.493 e. The van der Waals surface area contributed by atoms with Gasteiger partial charge in [0.1, 0.15) is 11.7 Å². The third-order valence-corrected chi connectivity index (χ3v) is 5.64. The molecule has 1 unspecified atom stereocenters. The van der Waals surface area contributed by atoms with Crippen LogP contribution in [0.2, 0.25) is 0 Å². The lowest BCUT2D eigenvalue weighted by Gasteiger charge is -2.21. The third kappa shape index (κ3) is 3.39. The zero-order valence-electron chi connectivity index (χ0n) is 17.3. The maximum atomic E-state index is 13.2. The molecule has 5 rings (SSSR count). The summed E-state index contributed by atoms with van der Waals surface area (Å²) in [6.45, 7) is 0.646. The Balaban J connectivity index is 1.41. The van der Waals surface area contributed by atoms with Gasteiger partial charge in [-0.3, -0.25) is 4.79 Å². The first-order chi connectivity index (χ1) is 15.2. The van der Waals surface area contributed by atoms with E-state index in [-0.39, 0.29) is 11.9 Å². The van der Waals surface area contributed by atoms with Crippen LogP contribution in [0.1, 0.15) is 35.3 Å². The number of hydrogen-bond acceptors (Lipinski definition) is 6. The van der Waals surface area contributed by atoms with Gasteiger partial charge in [0, 0.05) is 23.0 Å². The van der Waals surface area contributed by atoms with Crippen LogP contribution in [0.4, 0.5) is 0 Å². The van der Waals surface area contributed by atoms with E-state index < -0.39 is 0 Å². The first-order valence-electron chi connectivity index (χ1n) is 10.1. The van der Waals surface area contributed by atoms with Crippen molar-refractivity contribution >= 4 is 16.8 Å². The molecule has 4 aromatic rings. The second-order valence-electron chi connectivity index (χ2n) is 7.45. The molecule has 0 saturated carbocycles. The molecule has 1 N–H and O–H groups in total. The Labute approximate surface area is 178 Å². The number of H-pyrrole nitrogens is 1. The molecular formula is C23H22N4O4. The van der Waals surface area contributed by atoms with Crippen LogP contribution < -0.4 is 9.47 Å². The fraction of sp³-hybridized carbons (Fsp3) is 0.261. The van der Waals surface area contributed by atoms with Crippen molar-refractivity contribution in [2.45, 2.75) is 18.9 Å². The minimum absolute atomic E-state index is 0.0652. The molecule has 31 heavy (non-hydrogen) atoms. The van der Waals surface area contributed by atoms with Gasteiger partial charge in [0.15, 0.2) is 11.5 Å². The number of ether oxygens (including phenoxy) is 2. The number of fused-ring (bicyclic) bond motifs is 1. The number of nitrogens with zero attached hydrogens (tertiary/aromatic N) is 3. The Hall–Kier alpha value is -3.81. The van der Waals surface area contributed by atoms with Crippen LogP contribution in [0.5, 0.6) is 11.5 Å². The maximum Gasteiger partial charge on any atom is 0.270 e. The van der Waals surface area contributed by atoms with Gasteiger partial charge < -0.3 is 23.9 Å². The van der Waals surface area contributed by atoms with Crippen LogP contribution in [0.25, 0.3) is 22.3 Å². The second-order valence-corrected chi connectivity index (χ2v) is 7.45. The summed E-state index contributed by atoms with van der Waals surface area (Å²) in [5.41, 5.74) is 2.25. The standard InChI is InChI=1S/C23H22N4O4/c1-29-19-10-9-15(13-20(19)30-2)21-25-22(31-26-21)18-8-5-11-27(18)23(28)17-12-14-6-3-4-7-16(14)24-17/h3-4,6-7,9-10,12-13,18,24H,5,8,11H2,1-2H3. The minimum Gasteiger partial charge on any atom is -0.493 e. The van der Waals surface area contributed by atoms with Crippen LogP contribution >= 0.6 is 0 Å².